The molecule has 1 rings (SSSR count). The van der Waals surface area contributed by atoms with Gasteiger partial charge in [0.2, 0.25) is 0 Å². The molecule has 0 fully saturated rings. The van der Waals surface area contributed by atoms with Crippen LogP contribution >= 0.6 is 0 Å². The lowest BCUT2D eigenvalue weighted by Crippen LogP contribution is -2.18. The van der Waals surface area contributed by atoms with E-state index >= 15 is 0 Å². The van der Waals surface area contributed by atoms with E-state index in [9.17, 15) is 0 Å². The van der Waals surface area contributed by atoms with Gasteiger partial charge in [-0.1, -0.05) is 12.1 Å². The number of methoxy groups -OCH3 is 2. The minimum absolute atomic E-state index is 0.551. The summed E-state index contributed by atoms with van der Waals surface area (Å²) in [5.74, 6) is 0.862. The van der Waals surface area contributed by atoms with Crippen molar-refractivity contribution >= 4 is 0 Å². The summed E-state index contributed by atoms with van der Waals surface area (Å²) in [6.07, 6.45) is 0. The molecule has 0 aliphatic heterocycles. The van der Waals surface area contributed by atoms with E-state index in [1.165, 1.54) is 5.56 Å². The van der Waals surface area contributed by atoms with Crippen LogP contribution in [0.2, 0.25) is 0 Å². The minimum atomic E-state index is 0.551. The molecule has 114 valence electrons. The first-order valence-corrected chi connectivity index (χ1v) is 6.85. The SMILES string of the molecule is COCCNCc1ccc(OCCOCCOC)cc1. The molecule has 5 heteroatoms. The zero-order valence-electron chi connectivity index (χ0n) is 12.4. The van der Waals surface area contributed by atoms with Crippen molar-refractivity contribution in [3.8, 4) is 5.75 Å². The molecule has 0 aliphatic carbocycles. The van der Waals surface area contributed by atoms with Crippen LogP contribution in [-0.4, -0.2) is 53.8 Å². The van der Waals surface area contributed by atoms with Crippen LogP contribution in [0.3, 0.4) is 0 Å². The second kappa shape index (κ2) is 11.7. The number of hydrogen-bond acceptors (Lipinski definition) is 5. The van der Waals surface area contributed by atoms with Gasteiger partial charge >= 0.3 is 0 Å². The Labute approximate surface area is 121 Å². The van der Waals surface area contributed by atoms with Crippen molar-refractivity contribution in [1.29, 1.82) is 0 Å². The maximum Gasteiger partial charge on any atom is 0.119 e. The maximum atomic E-state index is 5.58. The zero-order valence-corrected chi connectivity index (χ0v) is 12.4. The van der Waals surface area contributed by atoms with Gasteiger partial charge in [0.1, 0.15) is 12.4 Å². The van der Waals surface area contributed by atoms with Crippen LogP contribution in [0.25, 0.3) is 0 Å². The predicted molar refractivity (Wildman–Crippen MR) is 78.2 cm³/mol. The fourth-order valence-electron chi connectivity index (χ4n) is 1.57. The highest BCUT2D eigenvalue weighted by Crippen LogP contribution is 2.11. The van der Waals surface area contributed by atoms with Gasteiger partial charge in [0.05, 0.1) is 26.4 Å². The first-order valence-electron chi connectivity index (χ1n) is 6.85. The van der Waals surface area contributed by atoms with E-state index in [4.69, 9.17) is 18.9 Å². The molecule has 0 saturated heterocycles. The molecule has 0 spiro atoms. The lowest BCUT2D eigenvalue weighted by atomic mass is 10.2. The summed E-state index contributed by atoms with van der Waals surface area (Å²) >= 11 is 0. The summed E-state index contributed by atoms with van der Waals surface area (Å²) in [6.45, 7) is 4.76. The lowest BCUT2D eigenvalue weighted by molar-refractivity contribution is 0.0544. The molecule has 0 aliphatic rings. The van der Waals surface area contributed by atoms with Crippen molar-refractivity contribution in [1.82, 2.24) is 5.32 Å². The van der Waals surface area contributed by atoms with E-state index < -0.39 is 0 Å². The second-order valence-electron chi connectivity index (χ2n) is 4.27. The van der Waals surface area contributed by atoms with Gasteiger partial charge in [-0.3, -0.25) is 0 Å². The van der Waals surface area contributed by atoms with E-state index in [-0.39, 0.29) is 0 Å². The Morgan fingerprint density at radius 1 is 0.850 bits per heavy atom. The number of nitrogens with one attached hydrogen (secondary N) is 1. The van der Waals surface area contributed by atoms with Crippen LogP contribution in [0.4, 0.5) is 0 Å². The molecule has 1 N–H and O–H groups in total. The summed E-state index contributed by atoms with van der Waals surface area (Å²) in [6, 6.07) is 8.06. The highest BCUT2D eigenvalue weighted by Gasteiger charge is 1.96. The van der Waals surface area contributed by atoms with Gasteiger partial charge in [-0.05, 0) is 17.7 Å². The normalized spacial score (nSPS) is 10.7. The largest absolute Gasteiger partial charge is 0.491 e. The zero-order chi connectivity index (χ0) is 14.5. The highest BCUT2D eigenvalue weighted by atomic mass is 16.5. The van der Waals surface area contributed by atoms with Crippen molar-refractivity contribution < 1.29 is 18.9 Å². The molecule has 0 radical (unpaired) electrons. The van der Waals surface area contributed by atoms with Gasteiger partial charge in [0, 0.05) is 27.3 Å². The van der Waals surface area contributed by atoms with Crippen molar-refractivity contribution in [2.75, 3.05) is 53.8 Å². The highest BCUT2D eigenvalue weighted by molar-refractivity contribution is 5.27. The van der Waals surface area contributed by atoms with Gasteiger partial charge in [0.25, 0.3) is 0 Å². The summed E-state index contributed by atoms with van der Waals surface area (Å²) in [7, 11) is 3.36. The fourth-order valence-corrected chi connectivity index (χ4v) is 1.57. The maximum absolute atomic E-state index is 5.58. The topological polar surface area (TPSA) is 49.0 Å². The van der Waals surface area contributed by atoms with Crippen LogP contribution in [0.15, 0.2) is 24.3 Å². The monoisotopic (exact) mass is 283 g/mol. The lowest BCUT2D eigenvalue weighted by Gasteiger charge is -2.08. The molecule has 0 unspecified atom stereocenters. The molecule has 1 aromatic carbocycles. The van der Waals surface area contributed by atoms with Gasteiger partial charge in [0.15, 0.2) is 0 Å². The molecule has 1 aromatic rings. The van der Waals surface area contributed by atoms with Crippen molar-refractivity contribution in [3.63, 3.8) is 0 Å². The standard InChI is InChI=1S/C15H25NO4/c1-17-8-7-16-13-14-3-5-15(6-4-14)20-12-11-19-10-9-18-2/h3-6,16H,7-13H2,1-2H3. The molecule has 0 aromatic heterocycles. The van der Waals surface area contributed by atoms with Gasteiger partial charge in [-0.2, -0.15) is 0 Å². The molecule has 0 atom stereocenters. The van der Waals surface area contributed by atoms with Crippen LogP contribution < -0.4 is 10.1 Å². The first-order chi connectivity index (χ1) is 9.86. The minimum Gasteiger partial charge on any atom is -0.491 e. The van der Waals surface area contributed by atoms with Crippen molar-refractivity contribution in [2.45, 2.75) is 6.54 Å². The van der Waals surface area contributed by atoms with E-state index in [0.717, 1.165) is 25.4 Å². The number of benzene rings is 1. The van der Waals surface area contributed by atoms with Crippen molar-refractivity contribution in [3.05, 3.63) is 29.8 Å². The smallest absolute Gasteiger partial charge is 0.119 e. The average molecular weight is 283 g/mol. The molecule has 0 amide bonds. The van der Waals surface area contributed by atoms with Gasteiger partial charge in [-0.15, -0.1) is 0 Å². The Hall–Kier alpha value is -1.14. The van der Waals surface area contributed by atoms with Crippen LogP contribution in [0.5, 0.6) is 5.75 Å². The van der Waals surface area contributed by atoms with E-state index in [2.05, 4.69) is 17.4 Å². The third-order valence-electron chi connectivity index (χ3n) is 2.66. The van der Waals surface area contributed by atoms with Gasteiger partial charge in [-0.25, -0.2) is 0 Å². The second-order valence-corrected chi connectivity index (χ2v) is 4.27. The first kappa shape index (κ1) is 16.9. The molecule has 20 heavy (non-hydrogen) atoms. The van der Waals surface area contributed by atoms with Crippen molar-refractivity contribution in [2.24, 2.45) is 0 Å². The summed E-state index contributed by atoms with van der Waals surface area (Å²) in [4.78, 5) is 0. The Bertz CT molecular complexity index is 329. The van der Waals surface area contributed by atoms with E-state index in [1.807, 2.05) is 12.1 Å². The average Bonchev–Trinajstić information content (AvgIpc) is 2.49. The van der Waals surface area contributed by atoms with Gasteiger partial charge < -0.3 is 24.3 Å². The predicted octanol–water partition coefficient (Wildman–Crippen LogP) is 1.46. The van der Waals surface area contributed by atoms with Crippen LogP contribution in [0, 0.1) is 0 Å². The molecular weight excluding hydrogens is 258 g/mol. The van der Waals surface area contributed by atoms with Crippen LogP contribution in [0.1, 0.15) is 5.56 Å². The number of hydrogen-bond donors (Lipinski definition) is 1. The molecular formula is C15H25NO4. The quantitative estimate of drug-likeness (QED) is 0.589. The Morgan fingerprint density at radius 3 is 2.25 bits per heavy atom. The Morgan fingerprint density at radius 2 is 1.55 bits per heavy atom. The third-order valence-corrected chi connectivity index (χ3v) is 2.66. The summed E-state index contributed by atoms with van der Waals surface area (Å²) in [5.41, 5.74) is 1.23. The van der Waals surface area contributed by atoms with E-state index in [1.54, 1.807) is 14.2 Å². The third kappa shape index (κ3) is 8.12. The Kier molecular flexibility index (Phi) is 9.87. The molecule has 5 nitrogen and oxygen atoms in total. The summed E-state index contributed by atoms with van der Waals surface area (Å²) < 4.78 is 20.8. The fraction of sp³-hybridized carbons (Fsp3) is 0.600. The molecule has 0 bridgehead atoms. The van der Waals surface area contributed by atoms with E-state index in [0.29, 0.717) is 26.4 Å². The van der Waals surface area contributed by atoms with Crippen LogP contribution in [-0.2, 0) is 20.8 Å². The molecule has 0 saturated carbocycles. The molecule has 0 heterocycles. The summed E-state index contributed by atoms with van der Waals surface area (Å²) in [5, 5.41) is 3.30. The number of ether oxygens (including phenoxy) is 4. The Balaban J connectivity index is 2.12. The number of rotatable bonds is 12.